The Morgan fingerprint density at radius 3 is 2.91 bits per heavy atom. The third-order valence-electron chi connectivity index (χ3n) is 4.73. The fraction of sp³-hybridized carbons (Fsp3) is 0.471. The maximum absolute atomic E-state index is 12.0. The summed E-state index contributed by atoms with van der Waals surface area (Å²) in [5.41, 5.74) is 1.60. The van der Waals surface area contributed by atoms with Crippen molar-refractivity contribution in [3.8, 4) is 0 Å². The third kappa shape index (κ3) is 2.35. The normalized spacial score (nSPS) is 19.4. The van der Waals surface area contributed by atoms with E-state index in [4.69, 9.17) is 0 Å². The molecule has 4 rings (SSSR count). The number of hydrogen-bond donors (Lipinski definition) is 1. The molecule has 1 N–H and O–H groups in total. The maximum atomic E-state index is 12.0. The van der Waals surface area contributed by atoms with Crippen LogP contribution in [0.4, 0.5) is 5.82 Å². The molecule has 114 valence electrons. The fourth-order valence-corrected chi connectivity index (χ4v) is 3.34. The molecule has 0 atom stereocenters. The van der Waals surface area contributed by atoms with E-state index >= 15 is 0 Å². The summed E-state index contributed by atoms with van der Waals surface area (Å²) in [6.07, 6.45) is 2.49. The van der Waals surface area contributed by atoms with Gasteiger partial charge in [0, 0.05) is 5.56 Å². The van der Waals surface area contributed by atoms with Gasteiger partial charge in [0.2, 0.25) is 0 Å². The van der Waals surface area contributed by atoms with Crippen LogP contribution in [0.25, 0.3) is 10.9 Å². The van der Waals surface area contributed by atoms with Gasteiger partial charge in [0.05, 0.1) is 24.0 Å². The van der Waals surface area contributed by atoms with Crippen molar-refractivity contribution in [1.29, 1.82) is 0 Å². The molecule has 5 heteroatoms. The molecule has 3 heterocycles. The van der Waals surface area contributed by atoms with Crippen LogP contribution >= 0.6 is 0 Å². The molecule has 1 aromatic heterocycles. The number of likely N-dealkylation sites (tertiary alicyclic amines) is 1. The highest BCUT2D eigenvalue weighted by molar-refractivity contribution is 6.15. The Morgan fingerprint density at radius 1 is 1.27 bits per heavy atom. The van der Waals surface area contributed by atoms with Crippen molar-refractivity contribution in [2.24, 2.45) is 5.92 Å². The smallest absolute Gasteiger partial charge is 0.182 e. The molecule has 0 spiro atoms. The van der Waals surface area contributed by atoms with Gasteiger partial charge in [0.25, 0.3) is 0 Å². The van der Waals surface area contributed by atoms with Gasteiger partial charge in [-0.15, -0.1) is 0 Å². The Labute approximate surface area is 129 Å². The van der Waals surface area contributed by atoms with Crippen molar-refractivity contribution < 1.29 is 4.79 Å². The molecule has 2 aromatic rings. The van der Waals surface area contributed by atoms with Crippen LogP contribution in [0, 0.1) is 5.92 Å². The van der Waals surface area contributed by atoms with Crippen LogP contribution in [0.2, 0.25) is 0 Å². The average Bonchev–Trinajstić information content (AvgIpc) is 2.53. The van der Waals surface area contributed by atoms with Crippen LogP contribution in [-0.2, 0) is 6.54 Å². The molecule has 1 fully saturated rings. The molecule has 1 saturated heterocycles. The zero-order chi connectivity index (χ0) is 15.1. The molecule has 0 bridgehead atoms. The van der Waals surface area contributed by atoms with Crippen LogP contribution < -0.4 is 5.32 Å². The minimum Gasteiger partial charge on any atom is -0.362 e. The van der Waals surface area contributed by atoms with Gasteiger partial charge in [0.15, 0.2) is 5.78 Å². The second-order valence-electron chi connectivity index (χ2n) is 6.42. The highest BCUT2D eigenvalue weighted by Crippen LogP contribution is 2.28. The quantitative estimate of drug-likeness (QED) is 0.922. The Morgan fingerprint density at radius 2 is 2.09 bits per heavy atom. The fourth-order valence-electron chi connectivity index (χ4n) is 3.34. The molecule has 1 aromatic carbocycles. The maximum Gasteiger partial charge on any atom is 0.182 e. The van der Waals surface area contributed by atoms with E-state index in [0.29, 0.717) is 6.54 Å². The van der Waals surface area contributed by atoms with E-state index in [9.17, 15) is 4.79 Å². The van der Waals surface area contributed by atoms with Crippen LogP contribution in [0.3, 0.4) is 0 Å². The number of aromatic nitrogens is 2. The topological polar surface area (TPSA) is 58.1 Å². The van der Waals surface area contributed by atoms with E-state index < -0.39 is 0 Å². The van der Waals surface area contributed by atoms with Gasteiger partial charge in [-0.2, -0.15) is 0 Å². The summed E-state index contributed by atoms with van der Waals surface area (Å²) < 4.78 is 0. The molecule has 0 unspecified atom stereocenters. The molecular formula is C17H20N4O. The van der Waals surface area contributed by atoms with Gasteiger partial charge < -0.3 is 5.32 Å². The summed E-state index contributed by atoms with van der Waals surface area (Å²) in [6, 6.07) is 5.74. The van der Waals surface area contributed by atoms with E-state index in [1.807, 2.05) is 18.2 Å². The Balaban J connectivity index is 1.68. The van der Waals surface area contributed by atoms with E-state index in [1.54, 1.807) is 0 Å². The number of Topliss-reactive ketones (excluding diaryl/α,β-unsaturated/α-hetero) is 1. The second-order valence-corrected chi connectivity index (χ2v) is 6.42. The first-order valence-electron chi connectivity index (χ1n) is 8.00. The van der Waals surface area contributed by atoms with Crippen molar-refractivity contribution in [1.82, 2.24) is 14.9 Å². The molecule has 0 radical (unpaired) electrons. The Kier molecular flexibility index (Phi) is 3.30. The summed E-state index contributed by atoms with van der Waals surface area (Å²) >= 11 is 0. The van der Waals surface area contributed by atoms with E-state index in [1.165, 1.54) is 12.8 Å². The van der Waals surface area contributed by atoms with E-state index in [2.05, 4.69) is 27.1 Å². The number of rotatable bonds is 2. The van der Waals surface area contributed by atoms with Crippen molar-refractivity contribution in [3.05, 3.63) is 29.6 Å². The molecular weight excluding hydrogens is 276 g/mol. The minimum atomic E-state index is 0.111. The predicted octanol–water partition coefficient (Wildman–Crippen LogP) is 2.47. The van der Waals surface area contributed by atoms with Crippen molar-refractivity contribution in [3.63, 3.8) is 0 Å². The molecule has 0 amide bonds. The van der Waals surface area contributed by atoms with Gasteiger partial charge in [-0.05, 0) is 37.9 Å². The number of nitrogens with zero attached hydrogens (tertiary/aromatic N) is 3. The van der Waals surface area contributed by atoms with E-state index in [0.717, 1.165) is 53.7 Å². The minimum absolute atomic E-state index is 0.111. The van der Waals surface area contributed by atoms with Crippen molar-refractivity contribution in [2.75, 3.05) is 25.0 Å². The molecule has 5 nitrogen and oxygen atoms in total. The summed E-state index contributed by atoms with van der Waals surface area (Å²) in [6.45, 7) is 5.66. The molecule has 2 aliphatic rings. The summed E-state index contributed by atoms with van der Waals surface area (Å²) in [5.74, 6) is 2.58. The molecule has 2 aliphatic heterocycles. The van der Waals surface area contributed by atoms with Crippen LogP contribution in [-0.4, -0.2) is 40.3 Å². The van der Waals surface area contributed by atoms with Crippen LogP contribution in [0.1, 0.15) is 35.9 Å². The van der Waals surface area contributed by atoms with Crippen molar-refractivity contribution >= 4 is 22.5 Å². The standard InChI is InChI=1S/C17H20N4O/c1-11-5-7-21(8-6-11)10-15-19-13-4-2-3-12-14(22)9-18-17(20-15)16(12)13/h2-4,11H,5-10H2,1H3,(H,18,19,20). The summed E-state index contributed by atoms with van der Waals surface area (Å²) in [4.78, 5) is 23.7. The lowest BCUT2D eigenvalue weighted by Crippen LogP contribution is -2.33. The lowest BCUT2D eigenvalue weighted by atomic mass is 9.99. The largest absolute Gasteiger partial charge is 0.362 e. The third-order valence-corrected chi connectivity index (χ3v) is 4.73. The first kappa shape index (κ1) is 13.6. The Hall–Kier alpha value is -2.01. The number of piperidine rings is 1. The van der Waals surface area contributed by atoms with Crippen LogP contribution in [0.15, 0.2) is 18.2 Å². The number of ketones is 1. The number of benzene rings is 1. The zero-order valence-corrected chi connectivity index (χ0v) is 12.8. The van der Waals surface area contributed by atoms with Gasteiger partial charge in [-0.3, -0.25) is 9.69 Å². The Bertz CT molecular complexity index is 735. The number of carbonyl (C=O) groups excluding carboxylic acids is 1. The van der Waals surface area contributed by atoms with Crippen molar-refractivity contribution in [2.45, 2.75) is 26.3 Å². The first-order chi connectivity index (χ1) is 10.7. The average molecular weight is 296 g/mol. The highest BCUT2D eigenvalue weighted by atomic mass is 16.1. The summed E-state index contributed by atoms with van der Waals surface area (Å²) in [5, 5.41) is 4.01. The van der Waals surface area contributed by atoms with Gasteiger partial charge in [0.1, 0.15) is 11.6 Å². The monoisotopic (exact) mass is 296 g/mol. The van der Waals surface area contributed by atoms with Gasteiger partial charge in [-0.1, -0.05) is 19.1 Å². The number of anilines is 1. The molecule has 22 heavy (non-hydrogen) atoms. The van der Waals surface area contributed by atoms with Gasteiger partial charge >= 0.3 is 0 Å². The SMILES string of the molecule is CC1CCN(Cc2nc3c4c(cccc4n2)C(=O)CN3)CC1. The zero-order valence-electron chi connectivity index (χ0n) is 12.8. The predicted molar refractivity (Wildman–Crippen MR) is 86.0 cm³/mol. The number of hydrogen-bond acceptors (Lipinski definition) is 5. The molecule has 0 aliphatic carbocycles. The number of nitrogens with one attached hydrogen (secondary N) is 1. The summed E-state index contributed by atoms with van der Waals surface area (Å²) in [7, 11) is 0. The highest BCUT2D eigenvalue weighted by Gasteiger charge is 2.22. The lowest BCUT2D eigenvalue weighted by molar-refractivity contribution is 0.101. The van der Waals surface area contributed by atoms with Crippen LogP contribution in [0.5, 0.6) is 0 Å². The second kappa shape index (κ2) is 5.32. The van der Waals surface area contributed by atoms with E-state index in [-0.39, 0.29) is 5.78 Å². The lowest BCUT2D eigenvalue weighted by Gasteiger charge is -2.29. The first-order valence-corrected chi connectivity index (χ1v) is 8.00. The van der Waals surface area contributed by atoms with Gasteiger partial charge in [-0.25, -0.2) is 9.97 Å². The number of carbonyl (C=O) groups is 1. The molecule has 0 saturated carbocycles.